The number of hydrogen-bond acceptors (Lipinski definition) is 10. The molecule has 382 valence electrons. The van der Waals surface area contributed by atoms with Gasteiger partial charge in [-0.1, -0.05) is 75.3 Å². The molecule has 0 aliphatic heterocycles. The maximum atomic E-state index is 14.6. The van der Waals surface area contributed by atoms with Crippen molar-refractivity contribution < 1.29 is 32.3 Å². The van der Waals surface area contributed by atoms with Crippen LogP contribution in [0.15, 0.2) is 114 Å². The van der Waals surface area contributed by atoms with E-state index in [2.05, 4.69) is 20.4 Å². The minimum Gasteiger partial charge on any atom is -0.494 e. The van der Waals surface area contributed by atoms with Crippen molar-refractivity contribution in [2.24, 2.45) is 17.6 Å². The number of nitrogens with two attached hydrogens (primary N) is 1. The van der Waals surface area contributed by atoms with Gasteiger partial charge in [-0.05, 0) is 143 Å². The van der Waals surface area contributed by atoms with Crippen LogP contribution in [0.25, 0.3) is 11.5 Å². The van der Waals surface area contributed by atoms with E-state index in [1.807, 2.05) is 83.8 Å². The van der Waals surface area contributed by atoms with E-state index < -0.39 is 12.3 Å². The van der Waals surface area contributed by atoms with Crippen molar-refractivity contribution in [1.82, 2.24) is 25.1 Å². The summed E-state index contributed by atoms with van der Waals surface area (Å²) in [6.07, 6.45) is 18.6. The third-order valence-corrected chi connectivity index (χ3v) is 13.8. The average Bonchev–Trinajstić information content (AvgIpc) is 3.88. The molecule has 2 aliphatic rings. The van der Waals surface area contributed by atoms with Gasteiger partial charge in [0.05, 0.1) is 24.9 Å². The smallest absolute Gasteiger partial charge is 0.284 e. The molecule has 2 fully saturated rings. The second-order valence-corrected chi connectivity index (χ2v) is 19.4. The molecule has 2 saturated carbocycles. The number of rotatable bonds is 29. The topological polar surface area (TPSA) is 154 Å². The lowest BCUT2D eigenvalue weighted by Crippen LogP contribution is -2.31. The number of anilines is 3. The SMILES string of the molecule is NC(=O)c1coc(-c2ccnc(N(CC3CC3)c3cn(C4CCC(CNCCCCCCCCCCCOc5ccc(Oc6ccc(N(Cc7ccccc7)C(=O)CCl)cc6)cc5)CC4)nc3C(F)F)c2)n1. The summed E-state index contributed by atoms with van der Waals surface area (Å²) in [6.45, 7) is 3.68. The summed E-state index contributed by atoms with van der Waals surface area (Å²) in [4.78, 5) is 36.5. The van der Waals surface area contributed by atoms with E-state index in [4.69, 9.17) is 31.2 Å². The van der Waals surface area contributed by atoms with Crippen molar-refractivity contribution in [2.75, 3.05) is 41.9 Å². The Morgan fingerprint density at radius 2 is 1.47 bits per heavy atom. The van der Waals surface area contributed by atoms with Gasteiger partial charge in [0.15, 0.2) is 11.4 Å². The zero-order chi connectivity index (χ0) is 50.1. The largest absolute Gasteiger partial charge is 0.494 e. The normalized spacial score (nSPS) is 15.7. The Hall–Kier alpha value is -6.32. The molecule has 0 radical (unpaired) electrons. The van der Waals surface area contributed by atoms with Crippen molar-refractivity contribution in [1.29, 1.82) is 0 Å². The van der Waals surface area contributed by atoms with Crippen LogP contribution in [0.4, 0.5) is 26.0 Å². The number of primary amides is 1. The summed E-state index contributed by atoms with van der Waals surface area (Å²) in [5.74, 6) is 2.89. The Kier molecular flexibility index (Phi) is 19.1. The molecule has 72 heavy (non-hydrogen) atoms. The highest BCUT2D eigenvalue weighted by Crippen LogP contribution is 2.41. The lowest BCUT2D eigenvalue weighted by molar-refractivity contribution is -0.116. The van der Waals surface area contributed by atoms with Crippen LogP contribution in [-0.2, 0) is 11.3 Å². The van der Waals surface area contributed by atoms with Crippen molar-refractivity contribution >= 4 is 40.6 Å². The van der Waals surface area contributed by atoms with E-state index in [-0.39, 0.29) is 35.1 Å². The number of unbranched alkanes of at least 4 members (excludes halogenated alkanes) is 8. The first-order valence-corrected chi connectivity index (χ1v) is 26.2. The monoisotopic (exact) mass is 1000 g/mol. The van der Waals surface area contributed by atoms with Crippen LogP contribution in [0.1, 0.15) is 131 Å². The molecule has 6 aromatic rings. The van der Waals surface area contributed by atoms with Gasteiger partial charge < -0.3 is 34.7 Å². The molecule has 0 saturated heterocycles. The second-order valence-electron chi connectivity index (χ2n) is 19.1. The first-order valence-electron chi connectivity index (χ1n) is 25.7. The van der Waals surface area contributed by atoms with Gasteiger partial charge in [0.2, 0.25) is 11.8 Å². The maximum absolute atomic E-state index is 14.6. The van der Waals surface area contributed by atoms with Gasteiger partial charge in [0.1, 0.15) is 35.2 Å². The molecule has 2 aliphatic carbocycles. The first kappa shape index (κ1) is 52.0. The Bertz CT molecular complexity index is 2600. The molecule has 3 aromatic heterocycles. The number of hydrogen-bond donors (Lipinski definition) is 2. The molecule has 3 N–H and O–H groups in total. The first-order chi connectivity index (χ1) is 35.2. The van der Waals surface area contributed by atoms with Crippen molar-refractivity contribution in [3.8, 4) is 28.7 Å². The summed E-state index contributed by atoms with van der Waals surface area (Å²) in [7, 11) is 0. The maximum Gasteiger partial charge on any atom is 0.284 e. The van der Waals surface area contributed by atoms with E-state index in [1.54, 1.807) is 34.1 Å². The standard InChI is InChI=1S/C56H67ClF2N8O5/c57-34-52(68)65(36-41-13-9-8-10-14-41)44-21-23-47(24-22-44)72-48-27-25-46(26-28-48)70-32-12-7-5-3-1-2-4-6-11-30-61-35-40-17-19-45(20-18-40)67-38-50(53(64-67)54(58)59)66(37-42-15-16-42)51-33-43(29-31-62-51)56-63-49(39-71-56)55(60)69/h8-10,13-14,21-29,31,33,38-40,42,45,54,61H,1-7,11-12,15-20,30,32,34-37H2,(H2,60,69). The number of carbonyl (C=O) groups is 2. The number of carbonyl (C=O) groups excluding carboxylic acids is 2. The molecule has 2 amide bonds. The number of pyridine rings is 1. The van der Waals surface area contributed by atoms with Crippen molar-refractivity contribution in [2.45, 2.75) is 115 Å². The number of amides is 2. The summed E-state index contributed by atoms with van der Waals surface area (Å²) < 4.78 is 48.6. The van der Waals surface area contributed by atoms with Crippen LogP contribution in [0.5, 0.6) is 17.2 Å². The van der Waals surface area contributed by atoms with E-state index in [0.29, 0.717) is 60.1 Å². The summed E-state index contributed by atoms with van der Waals surface area (Å²) in [6, 6.07) is 28.5. The fourth-order valence-corrected chi connectivity index (χ4v) is 9.48. The van der Waals surface area contributed by atoms with Crippen LogP contribution in [-0.4, -0.2) is 63.7 Å². The second kappa shape index (κ2) is 26.4. The number of nitrogens with zero attached hydrogens (tertiary/aromatic N) is 6. The lowest BCUT2D eigenvalue weighted by atomic mass is 9.86. The van der Waals surface area contributed by atoms with E-state index in [9.17, 15) is 18.4 Å². The number of ether oxygens (including phenoxy) is 2. The summed E-state index contributed by atoms with van der Waals surface area (Å²) in [5, 5.41) is 8.18. The molecule has 0 spiro atoms. The van der Waals surface area contributed by atoms with E-state index in [1.165, 1.54) is 51.2 Å². The lowest BCUT2D eigenvalue weighted by Gasteiger charge is -2.29. The molecule has 8 rings (SSSR count). The fraction of sp³-hybridized carbons (Fsp3) is 0.446. The summed E-state index contributed by atoms with van der Waals surface area (Å²) in [5.41, 5.74) is 7.86. The van der Waals surface area contributed by atoms with E-state index in [0.717, 1.165) is 81.5 Å². The van der Waals surface area contributed by atoms with Gasteiger partial charge in [-0.2, -0.15) is 5.10 Å². The highest BCUT2D eigenvalue weighted by Gasteiger charge is 2.32. The third-order valence-electron chi connectivity index (χ3n) is 13.6. The quantitative estimate of drug-likeness (QED) is 0.0343. The minimum atomic E-state index is -2.74. The molecule has 3 heterocycles. The van der Waals surface area contributed by atoms with Gasteiger partial charge in [-0.15, -0.1) is 11.6 Å². The highest BCUT2D eigenvalue weighted by molar-refractivity contribution is 6.29. The number of alkyl halides is 3. The minimum absolute atomic E-state index is 0.0104. The Labute approximate surface area is 426 Å². The van der Waals surface area contributed by atoms with Crippen molar-refractivity contribution in [3.63, 3.8) is 0 Å². The summed E-state index contributed by atoms with van der Waals surface area (Å²) >= 11 is 5.92. The average molecular weight is 1010 g/mol. The predicted molar refractivity (Wildman–Crippen MR) is 277 cm³/mol. The van der Waals surface area contributed by atoms with Crippen molar-refractivity contribution in [3.05, 3.63) is 127 Å². The van der Waals surface area contributed by atoms with Gasteiger partial charge in [0, 0.05) is 30.2 Å². The Morgan fingerprint density at radius 3 is 2.12 bits per heavy atom. The predicted octanol–water partition coefficient (Wildman–Crippen LogP) is 13.0. The zero-order valence-corrected chi connectivity index (χ0v) is 41.7. The number of aromatic nitrogens is 4. The fourth-order valence-electron chi connectivity index (χ4n) is 9.33. The zero-order valence-electron chi connectivity index (χ0n) is 41.0. The molecular formula is C56H67ClF2N8O5. The van der Waals surface area contributed by atoms with E-state index >= 15 is 0 Å². The van der Waals surface area contributed by atoms with Crippen LogP contribution in [0, 0.1) is 11.8 Å². The van der Waals surface area contributed by atoms with Gasteiger partial charge in [-0.25, -0.2) is 18.7 Å². The van der Waals surface area contributed by atoms with Crippen LogP contribution in [0.3, 0.4) is 0 Å². The number of nitrogens with one attached hydrogen (secondary N) is 1. The van der Waals surface area contributed by atoms with Crippen LogP contribution in [0.2, 0.25) is 0 Å². The van der Waals surface area contributed by atoms with Crippen LogP contribution < -0.4 is 30.3 Å². The number of halogens is 3. The molecule has 0 atom stereocenters. The third kappa shape index (κ3) is 15.1. The van der Waals surface area contributed by atoms with Gasteiger partial charge in [0.25, 0.3) is 12.3 Å². The van der Waals surface area contributed by atoms with Crippen LogP contribution >= 0.6 is 11.6 Å². The molecule has 13 nitrogen and oxygen atoms in total. The Balaban J connectivity index is 0.659. The molecule has 0 bridgehead atoms. The number of oxazole rings is 1. The Morgan fingerprint density at radius 1 is 0.819 bits per heavy atom. The molecular weight excluding hydrogens is 938 g/mol. The van der Waals surface area contributed by atoms with Gasteiger partial charge in [-0.3, -0.25) is 14.3 Å². The molecule has 0 unspecified atom stereocenters. The van der Waals surface area contributed by atoms with Gasteiger partial charge >= 0.3 is 0 Å². The highest BCUT2D eigenvalue weighted by atomic mass is 35.5. The molecule has 16 heteroatoms. The number of benzene rings is 3. The molecule has 3 aromatic carbocycles.